The first-order valence-corrected chi connectivity index (χ1v) is 6.13. The molecule has 1 atom stereocenters. The van der Waals surface area contributed by atoms with Crippen LogP contribution in [0, 0.1) is 11.7 Å². The maximum atomic E-state index is 14.1. The van der Waals surface area contributed by atoms with E-state index >= 15 is 0 Å². The fraction of sp³-hybridized carbons (Fsp3) is 0.417. The number of nitrogens with two attached hydrogens (primary N) is 2. The topological polar surface area (TPSA) is 84.4 Å². The summed E-state index contributed by atoms with van der Waals surface area (Å²) >= 11 is 5.76. The second-order valence-electron chi connectivity index (χ2n) is 4.43. The second kappa shape index (κ2) is 5.97. The highest BCUT2D eigenvalue weighted by Gasteiger charge is 2.21. The molecule has 0 radical (unpaired) electrons. The molecule has 5 N–H and O–H groups in total. The zero-order chi connectivity index (χ0) is 14.7. The first-order chi connectivity index (χ1) is 8.79. The van der Waals surface area contributed by atoms with Gasteiger partial charge in [-0.2, -0.15) is 0 Å². The van der Waals surface area contributed by atoms with Crippen LogP contribution < -0.4 is 21.7 Å². The number of nitrogens with one attached hydrogen (secondary N) is 1. The molecule has 7 heteroatoms. The molecule has 1 aromatic rings. The van der Waals surface area contributed by atoms with E-state index in [2.05, 4.69) is 5.32 Å². The number of nitrogen functional groups attached to an aromatic ring is 2. The highest BCUT2D eigenvalue weighted by Crippen LogP contribution is 2.35. The summed E-state index contributed by atoms with van der Waals surface area (Å²) in [6, 6.07) is 1.40. The predicted molar refractivity (Wildman–Crippen MR) is 76.7 cm³/mol. The van der Waals surface area contributed by atoms with Gasteiger partial charge in [0, 0.05) is 20.6 Å². The molecular formula is C12H18ClFN4O. The molecule has 0 fully saturated rings. The van der Waals surface area contributed by atoms with E-state index in [1.54, 1.807) is 25.9 Å². The van der Waals surface area contributed by atoms with Gasteiger partial charge in [0.25, 0.3) is 0 Å². The van der Waals surface area contributed by atoms with Gasteiger partial charge >= 0.3 is 0 Å². The number of anilines is 3. The van der Waals surface area contributed by atoms with Crippen LogP contribution in [0.5, 0.6) is 0 Å². The summed E-state index contributed by atoms with van der Waals surface area (Å²) in [7, 11) is 3.19. The van der Waals surface area contributed by atoms with Gasteiger partial charge in [0.15, 0.2) is 5.82 Å². The van der Waals surface area contributed by atoms with E-state index in [-0.39, 0.29) is 33.9 Å². The lowest BCUT2D eigenvalue weighted by Gasteiger charge is -2.25. The van der Waals surface area contributed by atoms with E-state index in [9.17, 15) is 9.18 Å². The van der Waals surface area contributed by atoms with Crippen LogP contribution in [0.1, 0.15) is 6.92 Å². The molecule has 1 unspecified atom stereocenters. The molecule has 0 saturated carbocycles. The van der Waals surface area contributed by atoms with Crippen LogP contribution in [-0.4, -0.2) is 26.5 Å². The molecule has 19 heavy (non-hydrogen) atoms. The van der Waals surface area contributed by atoms with Crippen LogP contribution in [0.2, 0.25) is 5.02 Å². The maximum Gasteiger partial charge on any atom is 0.224 e. The van der Waals surface area contributed by atoms with Crippen molar-refractivity contribution >= 4 is 34.6 Å². The molecule has 1 amide bonds. The summed E-state index contributed by atoms with van der Waals surface area (Å²) in [5, 5.41) is 2.37. The van der Waals surface area contributed by atoms with Crippen molar-refractivity contribution in [3.8, 4) is 0 Å². The molecule has 5 nitrogen and oxygen atoms in total. The summed E-state index contributed by atoms with van der Waals surface area (Å²) in [6.07, 6.45) is 0. The van der Waals surface area contributed by atoms with Gasteiger partial charge in [0.05, 0.1) is 23.0 Å². The number of halogens is 2. The number of hydrogen-bond donors (Lipinski definition) is 3. The molecule has 106 valence electrons. The summed E-state index contributed by atoms with van der Waals surface area (Å²) in [5.41, 5.74) is 11.7. The van der Waals surface area contributed by atoms with E-state index in [4.69, 9.17) is 23.1 Å². The Hall–Kier alpha value is -1.69. The van der Waals surface area contributed by atoms with Crippen molar-refractivity contribution in [2.75, 3.05) is 37.0 Å². The zero-order valence-electron chi connectivity index (χ0n) is 11.1. The van der Waals surface area contributed by atoms with Gasteiger partial charge in [0.2, 0.25) is 5.91 Å². The first-order valence-electron chi connectivity index (χ1n) is 5.75. The quantitative estimate of drug-likeness (QED) is 0.733. The van der Waals surface area contributed by atoms with Crippen molar-refractivity contribution in [2.45, 2.75) is 6.92 Å². The molecule has 1 aromatic carbocycles. The van der Waals surface area contributed by atoms with Gasteiger partial charge in [-0.15, -0.1) is 0 Å². The largest absolute Gasteiger partial charge is 0.397 e. The number of hydrogen-bond acceptors (Lipinski definition) is 4. The minimum Gasteiger partial charge on any atom is -0.397 e. The number of carbonyl (C=O) groups is 1. The Balaban J connectivity index is 3.04. The zero-order valence-corrected chi connectivity index (χ0v) is 11.9. The number of carbonyl (C=O) groups excluding carboxylic acids is 1. The number of amides is 1. The van der Waals surface area contributed by atoms with Crippen molar-refractivity contribution < 1.29 is 9.18 Å². The molecule has 0 saturated heterocycles. The summed E-state index contributed by atoms with van der Waals surface area (Å²) in [6.45, 7) is 2.05. The smallest absolute Gasteiger partial charge is 0.224 e. The van der Waals surface area contributed by atoms with Crippen molar-refractivity contribution in [2.24, 2.45) is 5.92 Å². The average Bonchev–Trinajstić information content (AvgIpc) is 2.34. The Kier molecular flexibility index (Phi) is 4.83. The Morgan fingerprint density at radius 1 is 1.53 bits per heavy atom. The maximum absolute atomic E-state index is 14.1. The molecular weight excluding hydrogens is 271 g/mol. The van der Waals surface area contributed by atoms with Crippen molar-refractivity contribution in [3.63, 3.8) is 0 Å². The molecule has 0 heterocycles. The minimum absolute atomic E-state index is 0.0909. The molecule has 0 aliphatic heterocycles. The van der Waals surface area contributed by atoms with E-state index in [0.717, 1.165) is 0 Å². The van der Waals surface area contributed by atoms with Gasteiger partial charge in [-0.25, -0.2) is 4.39 Å². The average molecular weight is 289 g/mol. The van der Waals surface area contributed by atoms with Crippen LogP contribution in [0.25, 0.3) is 0 Å². The number of rotatable bonds is 4. The molecule has 0 aliphatic carbocycles. The molecule has 0 aromatic heterocycles. The predicted octanol–water partition coefficient (Wildman–Crippen LogP) is 1.46. The van der Waals surface area contributed by atoms with Crippen LogP contribution >= 0.6 is 11.6 Å². The normalized spacial score (nSPS) is 12.1. The Labute approximate surface area is 116 Å². The van der Waals surface area contributed by atoms with Gasteiger partial charge in [-0.3, -0.25) is 4.79 Å². The van der Waals surface area contributed by atoms with Gasteiger partial charge in [-0.1, -0.05) is 18.5 Å². The summed E-state index contributed by atoms with van der Waals surface area (Å²) < 4.78 is 14.1. The first kappa shape index (κ1) is 15.4. The third kappa shape index (κ3) is 3.20. The van der Waals surface area contributed by atoms with E-state index in [1.165, 1.54) is 6.07 Å². The SMILES string of the molecule is CNC(=O)C(C)CN(C)c1c(N)cc(N)c(Cl)c1F. The lowest BCUT2D eigenvalue weighted by molar-refractivity contribution is -0.123. The third-order valence-electron chi connectivity index (χ3n) is 2.86. The Morgan fingerprint density at radius 2 is 2.11 bits per heavy atom. The van der Waals surface area contributed by atoms with E-state index in [1.807, 2.05) is 0 Å². The lowest BCUT2D eigenvalue weighted by Crippen LogP contribution is -2.35. The standard InChI is InChI=1S/C12H18ClFN4O/c1-6(12(19)17-2)5-18(3)11-8(16)4-7(15)9(13)10(11)14/h4,6H,5,15-16H2,1-3H3,(H,17,19). The fourth-order valence-corrected chi connectivity index (χ4v) is 2.02. The lowest BCUT2D eigenvalue weighted by atomic mass is 10.1. The monoisotopic (exact) mass is 288 g/mol. The van der Waals surface area contributed by atoms with Crippen molar-refractivity contribution in [3.05, 3.63) is 16.9 Å². The van der Waals surface area contributed by atoms with Gasteiger partial charge in [0.1, 0.15) is 5.02 Å². The molecule has 0 bridgehead atoms. The van der Waals surface area contributed by atoms with Crippen molar-refractivity contribution in [1.82, 2.24) is 5.32 Å². The van der Waals surface area contributed by atoms with Crippen molar-refractivity contribution in [1.29, 1.82) is 0 Å². The van der Waals surface area contributed by atoms with Crippen LogP contribution in [0.15, 0.2) is 6.07 Å². The Morgan fingerprint density at radius 3 is 2.63 bits per heavy atom. The highest BCUT2D eigenvalue weighted by molar-refractivity contribution is 6.33. The molecule has 0 spiro atoms. The van der Waals surface area contributed by atoms with E-state index in [0.29, 0.717) is 6.54 Å². The van der Waals surface area contributed by atoms with Gasteiger partial charge in [-0.05, 0) is 6.07 Å². The summed E-state index contributed by atoms with van der Waals surface area (Å²) in [5.74, 6) is -1.12. The second-order valence-corrected chi connectivity index (χ2v) is 4.81. The van der Waals surface area contributed by atoms with E-state index < -0.39 is 5.82 Å². The highest BCUT2D eigenvalue weighted by atomic mass is 35.5. The van der Waals surface area contributed by atoms with Crippen LogP contribution in [0.3, 0.4) is 0 Å². The number of benzene rings is 1. The summed E-state index contributed by atoms with van der Waals surface area (Å²) in [4.78, 5) is 13.0. The third-order valence-corrected chi connectivity index (χ3v) is 3.25. The Bertz CT molecular complexity index is 495. The minimum atomic E-state index is -0.675. The molecule has 0 aliphatic rings. The number of nitrogens with zero attached hydrogens (tertiary/aromatic N) is 1. The molecule has 1 rings (SSSR count). The fourth-order valence-electron chi connectivity index (χ4n) is 1.88. The van der Waals surface area contributed by atoms with Crippen LogP contribution in [-0.2, 0) is 4.79 Å². The van der Waals surface area contributed by atoms with Crippen LogP contribution in [0.4, 0.5) is 21.5 Å². The van der Waals surface area contributed by atoms with Gasteiger partial charge < -0.3 is 21.7 Å².